The lowest BCUT2D eigenvalue weighted by Crippen LogP contribution is -2.01. The molecule has 1 aromatic heterocycles. The Kier molecular flexibility index (Phi) is 3.57. The van der Waals surface area contributed by atoms with Crippen molar-refractivity contribution in [1.29, 1.82) is 0 Å². The average molecular weight is 283 g/mol. The van der Waals surface area contributed by atoms with E-state index in [-0.39, 0.29) is 0 Å². The first-order valence-electron chi connectivity index (χ1n) is 6.55. The molecular formula is C17H15ClN2. The van der Waals surface area contributed by atoms with Crippen molar-refractivity contribution in [3.8, 4) is 11.1 Å². The van der Waals surface area contributed by atoms with Crippen LogP contribution in [0.2, 0.25) is 5.02 Å². The van der Waals surface area contributed by atoms with Crippen LogP contribution in [-0.4, -0.2) is 9.55 Å². The molecule has 1 heterocycles. The van der Waals surface area contributed by atoms with E-state index in [4.69, 9.17) is 11.6 Å². The van der Waals surface area contributed by atoms with Gasteiger partial charge in [-0.05, 0) is 29.7 Å². The number of imidazole rings is 1. The molecule has 3 heteroatoms. The van der Waals surface area contributed by atoms with Crippen molar-refractivity contribution in [3.63, 3.8) is 0 Å². The highest BCUT2D eigenvalue weighted by atomic mass is 35.5. The fourth-order valence-corrected chi connectivity index (χ4v) is 2.48. The van der Waals surface area contributed by atoms with Crippen molar-refractivity contribution in [2.45, 2.75) is 13.5 Å². The van der Waals surface area contributed by atoms with E-state index in [0.717, 1.165) is 28.5 Å². The van der Waals surface area contributed by atoms with Gasteiger partial charge in [0.05, 0.1) is 6.54 Å². The van der Waals surface area contributed by atoms with E-state index in [1.165, 1.54) is 5.56 Å². The van der Waals surface area contributed by atoms with Gasteiger partial charge in [0.25, 0.3) is 0 Å². The van der Waals surface area contributed by atoms with Crippen molar-refractivity contribution < 1.29 is 0 Å². The number of hydrogen-bond acceptors (Lipinski definition) is 1. The summed E-state index contributed by atoms with van der Waals surface area (Å²) in [6.45, 7) is 2.74. The van der Waals surface area contributed by atoms with Gasteiger partial charge < -0.3 is 4.57 Å². The monoisotopic (exact) mass is 282 g/mol. The van der Waals surface area contributed by atoms with Crippen LogP contribution in [0.25, 0.3) is 11.1 Å². The zero-order valence-electron chi connectivity index (χ0n) is 11.3. The van der Waals surface area contributed by atoms with Gasteiger partial charge in [0.1, 0.15) is 5.82 Å². The minimum absolute atomic E-state index is 0.750. The van der Waals surface area contributed by atoms with E-state index < -0.39 is 0 Å². The molecule has 0 aliphatic heterocycles. The van der Waals surface area contributed by atoms with Crippen LogP contribution < -0.4 is 0 Å². The third kappa shape index (κ3) is 2.61. The van der Waals surface area contributed by atoms with Crippen LogP contribution in [0, 0.1) is 6.92 Å². The van der Waals surface area contributed by atoms with E-state index >= 15 is 0 Å². The molecule has 0 unspecified atom stereocenters. The lowest BCUT2D eigenvalue weighted by molar-refractivity contribution is 0.762. The predicted molar refractivity (Wildman–Crippen MR) is 83.0 cm³/mol. The minimum Gasteiger partial charge on any atom is -0.331 e. The van der Waals surface area contributed by atoms with Gasteiger partial charge in [0.2, 0.25) is 0 Å². The minimum atomic E-state index is 0.750. The first kappa shape index (κ1) is 12.9. The smallest absolute Gasteiger partial charge is 0.105 e. The molecule has 0 amide bonds. The predicted octanol–water partition coefficient (Wildman–Crippen LogP) is 4.56. The van der Waals surface area contributed by atoms with Gasteiger partial charge >= 0.3 is 0 Å². The Bertz CT molecular complexity index is 717. The van der Waals surface area contributed by atoms with Crippen LogP contribution in [0.5, 0.6) is 0 Å². The maximum absolute atomic E-state index is 6.41. The normalized spacial score (nSPS) is 10.7. The van der Waals surface area contributed by atoms with Crippen molar-refractivity contribution in [1.82, 2.24) is 9.55 Å². The lowest BCUT2D eigenvalue weighted by Gasteiger charge is -2.09. The van der Waals surface area contributed by atoms with Crippen LogP contribution in [0.4, 0.5) is 0 Å². The van der Waals surface area contributed by atoms with Crippen molar-refractivity contribution >= 4 is 11.6 Å². The number of nitrogens with zero attached hydrogens (tertiary/aromatic N) is 2. The largest absolute Gasteiger partial charge is 0.331 e. The van der Waals surface area contributed by atoms with E-state index in [0.29, 0.717) is 0 Å². The molecule has 0 bridgehead atoms. The van der Waals surface area contributed by atoms with Gasteiger partial charge in [-0.3, -0.25) is 0 Å². The zero-order chi connectivity index (χ0) is 13.9. The summed E-state index contributed by atoms with van der Waals surface area (Å²) in [4.78, 5) is 4.23. The molecule has 2 aromatic carbocycles. The van der Waals surface area contributed by atoms with Gasteiger partial charge in [-0.25, -0.2) is 4.98 Å². The first-order chi connectivity index (χ1) is 9.74. The number of hydrogen-bond donors (Lipinski definition) is 0. The summed E-state index contributed by atoms with van der Waals surface area (Å²) in [5.41, 5.74) is 3.42. The summed E-state index contributed by atoms with van der Waals surface area (Å²) in [6.07, 6.45) is 3.78. The number of aryl methyl sites for hydroxylation is 1. The molecule has 0 saturated heterocycles. The summed E-state index contributed by atoms with van der Waals surface area (Å²) < 4.78 is 2.09. The molecule has 0 aliphatic carbocycles. The molecule has 2 nitrogen and oxygen atoms in total. The highest BCUT2D eigenvalue weighted by Crippen LogP contribution is 2.26. The number of halogens is 1. The Hall–Kier alpha value is -2.06. The summed E-state index contributed by atoms with van der Waals surface area (Å²) in [7, 11) is 0. The van der Waals surface area contributed by atoms with Gasteiger partial charge in [-0.2, -0.15) is 0 Å². The van der Waals surface area contributed by atoms with Gasteiger partial charge in [-0.1, -0.05) is 54.1 Å². The summed E-state index contributed by atoms with van der Waals surface area (Å²) in [5, 5.41) is 0.791. The second-order valence-electron chi connectivity index (χ2n) is 4.77. The quantitative estimate of drug-likeness (QED) is 0.688. The van der Waals surface area contributed by atoms with Crippen LogP contribution in [0.15, 0.2) is 60.9 Å². The summed E-state index contributed by atoms with van der Waals surface area (Å²) >= 11 is 6.41. The molecule has 0 atom stereocenters. The van der Waals surface area contributed by atoms with Crippen molar-refractivity contribution in [3.05, 3.63) is 77.3 Å². The van der Waals surface area contributed by atoms with Gasteiger partial charge in [0.15, 0.2) is 0 Å². The third-order valence-electron chi connectivity index (χ3n) is 3.42. The number of rotatable bonds is 3. The second kappa shape index (κ2) is 5.51. The zero-order valence-corrected chi connectivity index (χ0v) is 12.0. The molecule has 0 spiro atoms. The maximum atomic E-state index is 6.41. The van der Waals surface area contributed by atoms with E-state index in [1.54, 1.807) is 0 Å². The van der Waals surface area contributed by atoms with Crippen LogP contribution in [0.1, 0.15) is 11.4 Å². The molecular weight excluding hydrogens is 268 g/mol. The van der Waals surface area contributed by atoms with Crippen LogP contribution >= 0.6 is 11.6 Å². The highest BCUT2D eigenvalue weighted by molar-refractivity contribution is 6.31. The van der Waals surface area contributed by atoms with E-state index in [9.17, 15) is 0 Å². The Labute approximate surface area is 123 Å². The first-order valence-corrected chi connectivity index (χ1v) is 6.93. The van der Waals surface area contributed by atoms with Crippen molar-refractivity contribution in [2.24, 2.45) is 0 Å². The number of aromatic nitrogens is 2. The molecule has 20 heavy (non-hydrogen) atoms. The molecule has 100 valence electrons. The van der Waals surface area contributed by atoms with Crippen LogP contribution in [-0.2, 0) is 6.54 Å². The summed E-state index contributed by atoms with van der Waals surface area (Å²) in [5.74, 6) is 0.994. The Morgan fingerprint density at radius 2 is 1.85 bits per heavy atom. The van der Waals surface area contributed by atoms with Gasteiger partial charge in [0, 0.05) is 17.4 Å². The average Bonchev–Trinajstić information content (AvgIpc) is 2.87. The third-order valence-corrected chi connectivity index (χ3v) is 3.78. The van der Waals surface area contributed by atoms with E-state index in [2.05, 4.69) is 33.8 Å². The standard InChI is InChI=1S/C17H15ClN2/c1-13-19-9-10-20(13)12-16-8-7-15(11-17(16)18)14-5-3-2-4-6-14/h2-11H,12H2,1H3. The fourth-order valence-electron chi connectivity index (χ4n) is 2.24. The Morgan fingerprint density at radius 3 is 2.50 bits per heavy atom. The molecule has 0 saturated carbocycles. The second-order valence-corrected chi connectivity index (χ2v) is 5.18. The Morgan fingerprint density at radius 1 is 1.05 bits per heavy atom. The summed E-state index contributed by atoms with van der Waals surface area (Å²) in [6, 6.07) is 16.5. The molecule has 0 radical (unpaired) electrons. The fraction of sp³-hybridized carbons (Fsp3) is 0.118. The topological polar surface area (TPSA) is 17.8 Å². The molecule has 3 rings (SSSR count). The molecule has 3 aromatic rings. The SMILES string of the molecule is Cc1nccn1Cc1ccc(-c2ccccc2)cc1Cl. The molecule has 0 N–H and O–H groups in total. The number of benzene rings is 2. The Balaban J connectivity index is 1.90. The van der Waals surface area contributed by atoms with E-state index in [1.807, 2.05) is 43.6 Å². The van der Waals surface area contributed by atoms with Crippen LogP contribution in [0.3, 0.4) is 0 Å². The molecule has 0 fully saturated rings. The van der Waals surface area contributed by atoms with Crippen molar-refractivity contribution in [2.75, 3.05) is 0 Å². The van der Waals surface area contributed by atoms with Gasteiger partial charge in [-0.15, -0.1) is 0 Å². The highest BCUT2D eigenvalue weighted by Gasteiger charge is 2.05. The molecule has 0 aliphatic rings. The lowest BCUT2D eigenvalue weighted by atomic mass is 10.0. The maximum Gasteiger partial charge on any atom is 0.105 e.